The van der Waals surface area contributed by atoms with E-state index in [2.05, 4.69) is 6.92 Å². The monoisotopic (exact) mass is 264 g/mol. The van der Waals surface area contributed by atoms with Crippen molar-refractivity contribution in [2.45, 2.75) is 70.5 Å². The maximum absolute atomic E-state index is 10.6. The summed E-state index contributed by atoms with van der Waals surface area (Å²) in [5.74, 6) is -0.242. The minimum atomic E-state index is -3.86. The standard InChI is InChI=1S/C12H24O4S/c1-2-3-4-5-6-7-8-9-11-12(16-11)10-17(13,14)15/h11-12H,2-10H2,1H3,(H,13,14,15). The van der Waals surface area contributed by atoms with E-state index in [1.54, 1.807) is 0 Å². The molecule has 4 nitrogen and oxygen atoms in total. The Morgan fingerprint density at radius 2 is 1.59 bits per heavy atom. The van der Waals surface area contributed by atoms with Gasteiger partial charge in [0.1, 0.15) is 11.9 Å². The molecule has 2 unspecified atom stereocenters. The largest absolute Gasteiger partial charge is 0.368 e. The lowest BCUT2D eigenvalue weighted by Crippen LogP contribution is -2.11. The van der Waals surface area contributed by atoms with Gasteiger partial charge >= 0.3 is 0 Å². The van der Waals surface area contributed by atoms with Crippen LogP contribution in [0.2, 0.25) is 0 Å². The summed E-state index contributed by atoms with van der Waals surface area (Å²) in [6, 6.07) is 0. The van der Waals surface area contributed by atoms with Gasteiger partial charge in [0.2, 0.25) is 0 Å². The van der Waals surface area contributed by atoms with Gasteiger partial charge < -0.3 is 4.74 Å². The second-order valence-electron chi connectivity index (χ2n) is 4.87. The van der Waals surface area contributed by atoms with Crippen molar-refractivity contribution in [1.82, 2.24) is 0 Å². The third kappa shape index (κ3) is 7.73. The van der Waals surface area contributed by atoms with Crippen molar-refractivity contribution in [3.8, 4) is 0 Å². The van der Waals surface area contributed by atoms with Gasteiger partial charge in [0.15, 0.2) is 0 Å². The predicted molar refractivity (Wildman–Crippen MR) is 67.7 cm³/mol. The molecule has 0 radical (unpaired) electrons. The van der Waals surface area contributed by atoms with Crippen molar-refractivity contribution in [3.63, 3.8) is 0 Å². The number of unbranched alkanes of at least 4 members (excludes halogenated alkanes) is 6. The van der Waals surface area contributed by atoms with Crippen LogP contribution in [0.3, 0.4) is 0 Å². The highest BCUT2D eigenvalue weighted by Crippen LogP contribution is 2.28. The van der Waals surface area contributed by atoms with Crippen molar-refractivity contribution < 1.29 is 17.7 Å². The summed E-state index contributed by atoms with van der Waals surface area (Å²) in [6.45, 7) is 2.21. The summed E-state index contributed by atoms with van der Waals surface area (Å²) in [5, 5.41) is 0. The first-order valence-corrected chi connectivity index (χ1v) is 8.24. The van der Waals surface area contributed by atoms with Crippen LogP contribution in [0.5, 0.6) is 0 Å². The first-order chi connectivity index (χ1) is 8.03. The summed E-state index contributed by atoms with van der Waals surface area (Å²) in [4.78, 5) is 0. The molecule has 0 amide bonds. The molecule has 2 atom stereocenters. The van der Waals surface area contributed by atoms with Crippen molar-refractivity contribution in [2.24, 2.45) is 0 Å². The Morgan fingerprint density at radius 3 is 2.18 bits per heavy atom. The van der Waals surface area contributed by atoms with E-state index in [4.69, 9.17) is 9.29 Å². The molecule has 17 heavy (non-hydrogen) atoms. The lowest BCUT2D eigenvalue weighted by molar-refractivity contribution is 0.362. The highest BCUT2D eigenvalue weighted by atomic mass is 32.2. The molecule has 5 heteroatoms. The van der Waals surface area contributed by atoms with Crippen LogP contribution < -0.4 is 0 Å². The van der Waals surface area contributed by atoms with E-state index < -0.39 is 10.1 Å². The highest BCUT2D eigenvalue weighted by Gasteiger charge is 2.40. The van der Waals surface area contributed by atoms with E-state index >= 15 is 0 Å². The number of epoxide rings is 1. The zero-order valence-electron chi connectivity index (χ0n) is 10.6. The molecule has 1 heterocycles. The van der Waals surface area contributed by atoms with E-state index in [1.165, 1.54) is 38.5 Å². The van der Waals surface area contributed by atoms with Gasteiger partial charge in [-0.3, -0.25) is 4.55 Å². The van der Waals surface area contributed by atoms with E-state index in [1.807, 2.05) is 0 Å². The fourth-order valence-electron chi connectivity index (χ4n) is 2.09. The van der Waals surface area contributed by atoms with Gasteiger partial charge in [-0.15, -0.1) is 0 Å². The minimum Gasteiger partial charge on any atom is -0.368 e. The SMILES string of the molecule is CCCCCCCCCC1OC1CS(=O)(=O)O. The summed E-state index contributed by atoms with van der Waals surface area (Å²) in [7, 11) is -3.86. The van der Waals surface area contributed by atoms with Gasteiger partial charge in [-0.2, -0.15) is 8.42 Å². The lowest BCUT2D eigenvalue weighted by Gasteiger charge is -1.99. The fourth-order valence-corrected chi connectivity index (χ4v) is 2.80. The molecule has 102 valence electrons. The molecule has 0 bridgehead atoms. The third-order valence-corrected chi connectivity index (χ3v) is 3.90. The first-order valence-electron chi connectivity index (χ1n) is 6.63. The minimum absolute atomic E-state index is 0.0626. The van der Waals surface area contributed by atoms with Crippen LogP contribution in [-0.2, 0) is 14.9 Å². The molecule has 1 aliphatic rings. The Bertz CT molecular complexity index is 300. The fraction of sp³-hybridized carbons (Fsp3) is 1.00. The zero-order chi connectivity index (χ0) is 12.7. The van der Waals surface area contributed by atoms with Gasteiger partial charge in [0.25, 0.3) is 10.1 Å². The quantitative estimate of drug-likeness (QED) is 0.374. The second kappa shape index (κ2) is 7.34. The molecule has 1 fully saturated rings. The van der Waals surface area contributed by atoms with E-state index in [9.17, 15) is 8.42 Å². The topological polar surface area (TPSA) is 66.9 Å². The molecule has 0 aromatic rings. The van der Waals surface area contributed by atoms with Crippen LogP contribution in [0.4, 0.5) is 0 Å². The molecule has 1 rings (SSSR count). The number of rotatable bonds is 10. The number of hydrogen-bond donors (Lipinski definition) is 1. The van der Waals surface area contributed by atoms with E-state index in [0.29, 0.717) is 0 Å². The molecule has 0 aromatic carbocycles. The van der Waals surface area contributed by atoms with Crippen molar-refractivity contribution in [3.05, 3.63) is 0 Å². The Morgan fingerprint density at radius 1 is 1.00 bits per heavy atom. The summed E-state index contributed by atoms with van der Waals surface area (Å²) in [5.41, 5.74) is 0. The number of ether oxygens (including phenoxy) is 1. The first kappa shape index (κ1) is 14.9. The normalized spacial score (nSPS) is 23.9. The predicted octanol–water partition coefficient (Wildman–Crippen LogP) is 2.78. The maximum atomic E-state index is 10.6. The summed E-state index contributed by atoms with van der Waals surface area (Å²) < 4.78 is 35.0. The summed E-state index contributed by atoms with van der Waals surface area (Å²) >= 11 is 0. The van der Waals surface area contributed by atoms with E-state index in [0.717, 1.165) is 12.8 Å². The van der Waals surface area contributed by atoms with Gasteiger partial charge in [0.05, 0.1) is 6.10 Å². The Hall–Kier alpha value is -0.130. The average molecular weight is 264 g/mol. The molecular weight excluding hydrogens is 240 g/mol. The van der Waals surface area contributed by atoms with Crippen LogP contribution in [0.25, 0.3) is 0 Å². The molecule has 0 aromatic heterocycles. The number of hydrogen-bond acceptors (Lipinski definition) is 3. The Labute approximate surface area is 104 Å². The van der Waals surface area contributed by atoms with Crippen LogP contribution in [-0.4, -0.2) is 30.9 Å². The van der Waals surface area contributed by atoms with Gasteiger partial charge in [-0.25, -0.2) is 0 Å². The Balaban J connectivity index is 1.89. The van der Waals surface area contributed by atoms with Gasteiger partial charge in [-0.1, -0.05) is 51.9 Å². The van der Waals surface area contributed by atoms with Crippen LogP contribution >= 0.6 is 0 Å². The van der Waals surface area contributed by atoms with Crippen LogP contribution in [0, 0.1) is 0 Å². The second-order valence-corrected chi connectivity index (χ2v) is 6.37. The lowest BCUT2D eigenvalue weighted by atomic mass is 10.1. The Kier molecular flexibility index (Phi) is 6.44. The van der Waals surface area contributed by atoms with Crippen molar-refractivity contribution >= 4 is 10.1 Å². The highest BCUT2D eigenvalue weighted by molar-refractivity contribution is 7.85. The third-order valence-electron chi connectivity index (χ3n) is 3.15. The van der Waals surface area contributed by atoms with Gasteiger partial charge in [-0.05, 0) is 6.42 Å². The van der Waals surface area contributed by atoms with Crippen molar-refractivity contribution in [2.75, 3.05) is 5.75 Å². The molecule has 0 spiro atoms. The van der Waals surface area contributed by atoms with Crippen LogP contribution in [0.15, 0.2) is 0 Å². The van der Waals surface area contributed by atoms with E-state index in [-0.39, 0.29) is 18.0 Å². The molecule has 0 saturated carbocycles. The smallest absolute Gasteiger partial charge is 0.267 e. The molecule has 1 aliphatic heterocycles. The summed E-state index contributed by atoms with van der Waals surface area (Å²) in [6.07, 6.45) is 9.49. The molecule has 0 aliphatic carbocycles. The molecular formula is C12H24O4S. The zero-order valence-corrected chi connectivity index (χ0v) is 11.4. The molecule has 1 N–H and O–H groups in total. The van der Waals surface area contributed by atoms with Crippen LogP contribution in [0.1, 0.15) is 58.3 Å². The maximum Gasteiger partial charge on any atom is 0.267 e. The average Bonchev–Trinajstić information content (AvgIpc) is 2.92. The van der Waals surface area contributed by atoms with Crippen molar-refractivity contribution in [1.29, 1.82) is 0 Å². The van der Waals surface area contributed by atoms with Gasteiger partial charge in [0, 0.05) is 0 Å². The molecule has 1 saturated heterocycles.